The lowest BCUT2D eigenvalue weighted by molar-refractivity contribution is -0.137. The van der Waals surface area contributed by atoms with Gasteiger partial charge in [-0.1, -0.05) is 6.07 Å². The summed E-state index contributed by atoms with van der Waals surface area (Å²) >= 11 is 0. The van der Waals surface area contributed by atoms with Gasteiger partial charge in [0.15, 0.2) is 5.82 Å². The van der Waals surface area contributed by atoms with Crippen molar-refractivity contribution < 1.29 is 22.4 Å². The van der Waals surface area contributed by atoms with E-state index < -0.39 is 17.6 Å². The van der Waals surface area contributed by atoms with Gasteiger partial charge in [-0.25, -0.2) is 19.3 Å². The van der Waals surface area contributed by atoms with E-state index in [4.69, 9.17) is 0 Å². The van der Waals surface area contributed by atoms with Crippen LogP contribution in [0.5, 0.6) is 0 Å². The fraction of sp³-hybridized carbons (Fsp3) is 0.333. The summed E-state index contributed by atoms with van der Waals surface area (Å²) in [7, 11) is 0. The molecule has 3 aliphatic rings. The van der Waals surface area contributed by atoms with Crippen LogP contribution >= 0.6 is 0 Å². The van der Waals surface area contributed by atoms with Crippen molar-refractivity contribution in [2.75, 3.05) is 11.9 Å². The Morgan fingerprint density at radius 1 is 1.03 bits per heavy atom. The van der Waals surface area contributed by atoms with Crippen LogP contribution in [0.4, 0.5) is 23.4 Å². The van der Waals surface area contributed by atoms with Crippen LogP contribution in [-0.2, 0) is 6.18 Å². The first-order chi connectivity index (χ1) is 16.3. The number of pyridine rings is 1. The molecule has 34 heavy (non-hydrogen) atoms. The van der Waals surface area contributed by atoms with Gasteiger partial charge in [0.1, 0.15) is 11.6 Å². The number of hydrogen-bond acceptors (Lipinski definition) is 5. The fourth-order valence-corrected chi connectivity index (χ4v) is 4.93. The zero-order chi connectivity index (χ0) is 23.9. The van der Waals surface area contributed by atoms with E-state index >= 15 is 0 Å². The quantitative estimate of drug-likeness (QED) is 0.554. The van der Waals surface area contributed by atoms with Crippen LogP contribution in [0.25, 0.3) is 11.4 Å². The van der Waals surface area contributed by atoms with Crippen molar-refractivity contribution in [1.82, 2.24) is 19.9 Å². The first-order valence-electron chi connectivity index (χ1n) is 11.0. The minimum Gasteiger partial charge on any atom is -0.365 e. The van der Waals surface area contributed by atoms with E-state index in [2.05, 4.69) is 20.3 Å². The van der Waals surface area contributed by atoms with Gasteiger partial charge in [0.25, 0.3) is 5.91 Å². The highest BCUT2D eigenvalue weighted by Crippen LogP contribution is 2.38. The summed E-state index contributed by atoms with van der Waals surface area (Å²) in [5.74, 6) is -0.214. The second-order valence-electron chi connectivity index (χ2n) is 8.62. The SMILES string of the molecule is O=C(c1cccc(F)c1-c1ncccn1)N1CC2CCC1C(Nc1ccc(C(F)(F)F)cn1)C2. The van der Waals surface area contributed by atoms with Crippen molar-refractivity contribution >= 4 is 11.7 Å². The van der Waals surface area contributed by atoms with Gasteiger partial charge in [0.2, 0.25) is 0 Å². The maximum absolute atomic E-state index is 14.8. The minimum absolute atomic E-state index is 0.0588. The van der Waals surface area contributed by atoms with Gasteiger partial charge < -0.3 is 10.2 Å². The molecule has 1 amide bonds. The van der Waals surface area contributed by atoms with Crippen molar-refractivity contribution in [2.24, 2.45) is 5.92 Å². The van der Waals surface area contributed by atoms with E-state index in [0.717, 1.165) is 31.5 Å². The highest BCUT2D eigenvalue weighted by Gasteiger charge is 2.44. The smallest absolute Gasteiger partial charge is 0.365 e. The molecule has 4 heterocycles. The number of amides is 1. The number of benzene rings is 1. The molecule has 2 saturated heterocycles. The fourth-order valence-electron chi connectivity index (χ4n) is 4.93. The van der Waals surface area contributed by atoms with Crippen LogP contribution in [0.15, 0.2) is 55.0 Å². The Labute approximate surface area is 193 Å². The van der Waals surface area contributed by atoms with E-state index in [1.807, 2.05) is 0 Å². The number of piperidine rings is 2. The average Bonchev–Trinajstić information content (AvgIpc) is 2.84. The molecule has 6 nitrogen and oxygen atoms in total. The van der Waals surface area contributed by atoms with Crippen molar-refractivity contribution in [2.45, 2.75) is 37.5 Å². The van der Waals surface area contributed by atoms with E-state index in [-0.39, 0.29) is 40.9 Å². The Morgan fingerprint density at radius 2 is 1.82 bits per heavy atom. The molecule has 1 N–H and O–H groups in total. The molecule has 3 fully saturated rings. The molecule has 3 unspecified atom stereocenters. The minimum atomic E-state index is -4.45. The van der Waals surface area contributed by atoms with Crippen LogP contribution in [0.3, 0.4) is 0 Å². The Hall–Kier alpha value is -3.56. The third-order valence-electron chi connectivity index (χ3n) is 6.50. The Morgan fingerprint density at radius 3 is 2.50 bits per heavy atom. The number of carbonyl (C=O) groups excluding carboxylic acids is 1. The zero-order valence-corrected chi connectivity index (χ0v) is 18.0. The molecule has 2 bridgehead atoms. The summed E-state index contributed by atoms with van der Waals surface area (Å²) < 4.78 is 53.3. The van der Waals surface area contributed by atoms with E-state index in [1.54, 1.807) is 17.0 Å². The van der Waals surface area contributed by atoms with E-state index in [1.165, 1.54) is 30.6 Å². The highest BCUT2D eigenvalue weighted by atomic mass is 19.4. The second-order valence-corrected chi connectivity index (χ2v) is 8.62. The molecule has 0 spiro atoms. The van der Waals surface area contributed by atoms with Crippen molar-refractivity contribution in [3.05, 3.63) is 71.9 Å². The summed E-state index contributed by atoms with van der Waals surface area (Å²) in [5.41, 5.74) is -0.574. The topological polar surface area (TPSA) is 71.0 Å². The molecule has 176 valence electrons. The third kappa shape index (κ3) is 4.20. The number of carbonyl (C=O) groups is 1. The first-order valence-corrected chi connectivity index (χ1v) is 11.0. The molecule has 2 aliphatic heterocycles. The Kier molecular flexibility index (Phi) is 5.66. The largest absolute Gasteiger partial charge is 0.417 e. The maximum atomic E-state index is 14.8. The van der Waals surface area contributed by atoms with Gasteiger partial charge in [0.05, 0.1) is 22.7 Å². The molecule has 1 aliphatic carbocycles. The molecule has 0 radical (unpaired) electrons. The number of nitrogens with zero attached hydrogens (tertiary/aromatic N) is 4. The Bertz CT molecular complexity index is 1190. The standard InChI is InChI=1S/C24H21F4N5O/c25-17-4-1-3-16(21(17)22-29-9-2-10-30-22)23(34)33-13-14-5-7-19(33)18(11-14)32-20-8-6-15(12-31-20)24(26,27)28/h1-4,6,8-10,12,14,18-19H,5,7,11,13H2,(H,31,32). The third-order valence-corrected chi connectivity index (χ3v) is 6.50. The lowest BCUT2D eigenvalue weighted by atomic mass is 9.76. The molecule has 10 heteroatoms. The van der Waals surface area contributed by atoms with Crippen LogP contribution < -0.4 is 5.32 Å². The van der Waals surface area contributed by atoms with Gasteiger partial charge in [-0.05, 0) is 55.5 Å². The monoisotopic (exact) mass is 471 g/mol. The maximum Gasteiger partial charge on any atom is 0.417 e. The average molecular weight is 471 g/mol. The van der Waals surface area contributed by atoms with Crippen LogP contribution in [-0.4, -0.2) is 44.4 Å². The number of rotatable bonds is 4. The van der Waals surface area contributed by atoms with Gasteiger partial charge >= 0.3 is 6.18 Å². The number of alkyl halides is 3. The second kappa shape index (κ2) is 8.66. The van der Waals surface area contributed by atoms with E-state index in [0.29, 0.717) is 12.4 Å². The van der Waals surface area contributed by atoms with Gasteiger partial charge in [-0.15, -0.1) is 0 Å². The summed E-state index contributed by atoms with van der Waals surface area (Å²) in [6.45, 7) is 0.535. The number of halogens is 4. The van der Waals surface area contributed by atoms with Gasteiger partial charge in [-0.3, -0.25) is 4.79 Å². The summed E-state index contributed by atoms with van der Waals surface area (Å²) in [6, 6.07) is 7.84. The number of anilines is 1. The molecule has 3 atom stereocenters. The lowest BCUT2D eigenvalue weighted by Gasteiger charge is -2.50. The van der Waals surface area contributed by atoms with Gasteiger partial charge in [-0.2, -0.15) is 13.2 Å². The first kappa shape index (κ1) is 22.2. The van der Waals surface area contributed by atoms with Crippen LogP contribution in [0, 0.1) is 11.7 Å². The van der Waals surface area contributed by atoms with Crippen LogP contribution in [0.1, 0.15) is 35.2 Å². The van der Waals surface area contributed by atoms with Crippen molar-refractivity contribution in [3.8, 4) is 11.4 Å². The predicted octanol–water partition coefficient (Wildman–Crippen LogP) is 4.80. The highest BCUT2D eigenvalue weighted by molar-refractivity contribution is 6.00. The number of fused-ring (bicyclic) bond motifs is 3. The van der Waals surface area contributed by atoms with Gasteiger partial charge in [0, 0.05) is 31.2 Å². The van der Waals surface area contributed by atoms with Crippen molar-refractivity contribution in [3.63, 3.8) is 0 Å². The number of hydrogen-bond donors (Lipinski definition) is 1. The summed E-state index contributed by atoms with van der Waals surface area (Å²) in [5, 5.41) is 3.21. The number of nitrogens with one attached hydrogen (secondary N) is 1. The molecule has 2 aromatic heterocycles. The molecule has 6 rings (SSSR count). The summed E-state index contributed by atoms with van der Waals surface area (Å²) in [6.07, 6.45) is 1.78. The Balaban J connectivity index is 1.40. The molecule has 1 saturated carbocycles. The normalized spacial score (nSPS) is 22.0. The molecule has 3 aromatic rings. The molecular weight excluding hydrogens is 450 g/mol. The predicted molar refractivity (Wildman–Crippen MR) is 116 cm³/mol. The van der Waals surface area contributed by atoms with Crippen LogP contribution in [0.2, 0.25) is 0 Å². The lowest BCUT2D eigenvalue weighted by Crippen LogP contribution is -2.59. The zero-order valence-electron chi connectivity index (χ0n) is 18.0. The number of aromatic nitrogens is 3. The van der Waals surface area contributed by atoms with Crippen molar-refractivity contribution in [1.29, 1.82) is 0 Å². The molecule has 1 aromatic carbocycles. The van der Waals surface area contributed by atoms with E-state index in [9.17, 15) is 22.4 Å². The molecular formula is C24H21F4N5O. The summed E-state index contributed by atoms with van der Waals surface area (Å²) in [4.78, 5) is 27.5.